The van der Waals surface area contributed by atoms with Crippen molar-refractivity contribution >= 4 is 5.97 Å². The predicted molar refractivity (Wildman–Crippen MR) is 107 cm³/mol. The quantitative estimate of drug-likeness (QED) is 0.850. The topological polar surface area (TPSA) is 65.0 Å². The van der Waals surface area contributed by atoms with E-state index in [1.165, 1.54) is 0 Å². The van der Waals surface area contributed by atoms with Crippen LogP contribution in [0.5, 0.6) is 5.75 Å². The van der Waals surface area contributed by atoms with Crippen LogP contribution < -0.4 is 4.74 Å². The van der Waals surface area contributed by atoms with Crippen LogP contribution in [0.15, 0.2) is 72.0 Å². The number of aliphatic carboxylic acids is 1. The van der Waals surface area contributed by atoms with Crippen molar-refractivity contribution in [3.8, 4) is 5.75 Å². The van der Waals surface area contributed by atoms with Crippen LogP contribution >= 0.6 is 0 Å². The molecule has 0 aromatic heterocycles. The first-order valence-electron chi connectivity index (χ1n) is 9.75. The molecular weight excluding hydrogens is 368 g/mol. The molecule has 0 saturated carbocycles. The number of hydrogen-bond donors (Lipinski definition) is 1. The highest BCUT2D eigenvalue weighted by Gasteiger charge is 2.49. The van der Waals surface area contributed by atoms with Crippen molar-refractivity contribution < 1.29 is 24.1 Å². The fourth-order valence-electron chi connectivity index (χ4n) is 4.93. The number of benzene rings is 2. The maximum Gasteiger partial charge on any atom is 0.307 e. The average Bonchev–Trinajstić information content (AvgIpc) is 3.35. The second-order valence-electron chi connectivity index (χ2n) is 7.74. The van der Waals surface area contributed by atoms with Crippen LogP contribution in [-0.2, 0) is 26.3 Å². The summed E-state index contributed by atoms with van der Waals surface area (Å²) >= 11 is 0. The third kappa shape index (κ3) is 2.76. The third-order valence-corrected chi connectivity index (χ3v) is 6.30. The molecule has 148 valence electrons. The molecule has 5 heteroatoms. The SMILES string of the molecule is COc1cccc(C23CC(C4c5ccccc5CC4C(=O)O)=CC=C2OCO3)c1. The van der Waals surface area contributed by atoms with Crippen LogP contribution in [0.3, 0.4) is 0 Å². The summed E-state index contributed by atoms with van der Waals surface area (Å²) in [7, 11) is 1.64. The lowest BCUT2D eigenvalue weighted by Gasteiger charge is -2.34. The fraction of sp³-hybridized carbons (Fsp3) is 0.292. The molecule has 0 spiro atoms. The van der Waals surface area contributed by atoms with Crippen molar-refractivity contribution in [1.29, 1.82) is 0 Å². The van der Waals surface area contributed by atoms with Gasteiger partial charge in [0.2, 0.25) is 0 Å². The molecule has 2 aromatic rings. The summed E-state index contributed by atoms with van der Waals surface area (Å²) in [6.45, 7) is 0.174. The predicted octanol–water partition coefficient (Wildman–Crippen LogP) is 4.15. The fourth-order valence-corrected chi connectivity index (χ4v) is 4.93. The molecule has 2 aromatic carbocycles. The van der Waals surface area contributed by atoms with Crippen LogP contribution in [0, 0.1) is 5.92 Å². The van der Waals surface area contributed by atoms with Crippen LogP contribution in [-0.4, -0.2) is 25.0 Å². The van der Waals surface area contributed by atoms with Gasteiger partial charge in [-0.2, -0.15) is 0 Å². The molecule has 2 aliphatic carbocycles. The Morgan fingerprint density at radius 2 is 2.03 bits per heavy atom. The van der Waals surface area contributed by atoms with Gasteiger partial charge in [0.05, 0.1) is 13.0 Å². The summed E-state index contributed by atoms with van der Waals surface area (Å²) in [5.74, 6) is 0.0949. The number of rotatable bonds is 4. The molecule has 29 heavy (non-hydrogen) atoms. The first-order valence-corrected chi connectivity index (χ1v) is 9.75. The lowest BCUT2D eigenvalue weighted by molar-refractivity contribution is -0.141. The van der Waals surface area contributed by atoms with Gasteiger partial charge >= 0.3 is 5.97 Å². The molecule has 1 saturated heterocycles. The van der Waals surface area contributed by atoms with Crippen molar-refractivity contribution in [3.05, 3.63) is 88.7 Å². The first kappa shape index (κ1) is 18.0. The molecule has 3 unspecified atom stereocenters. The number of carboxylic acid groups (broad SMARTS) is 1. The number of fused-ring (bicyclic) bond motifs is 2. The molecule has 0 bridgehead atoms. The van der Waals surface area contributed by atoms with E-state index in [4.69, 9.17) is 14.2 Å². The van der Waals surface area contributed by atoms with E-state index in [1.54, 1.807) is 7.11 Å². The lowest BCUT2D eigenvalue weighted by atomic mass is 9.74. The molecule has 5 nitrogen and oxygen atoms in total. The summed E-state index contributed by atoms with van der Waals surface area (Å²) in [6.07, 6.45) is 5.05. The van der Waals surface area contributed by atoms with Gasteiger partial charge in [-0.15, -0.1) is 0 Å². The Morgan fingerprint density at radius 1 is 1.17 bits per heavy atom. The Hall–Kier alpha value is -3.05. The summed E-state index contributed by atoms with van der Waals surface area (Å²) in [5.41, 5.74) is 3.46. The van der Waals surface area contributed by atoms with Crippen molar-refractivity contribution in [3.63, 3.8) is 0 Å². The highest BCUT2D eigenvalue weighted by Crippen LogP contribution is 2.52. The third-order valence-electron chi connectivity index (χ3n) is 6.30. The Labute approximate surface area is 169 Å². The second kappa shape index (κ2) is 6.78. The number of ether oxygens (including phenoxy) is 3. The highest BCUT2D eigenvalue weighted by molar-refractivity contribution is 5.75. The molecule has 3 aliphatic rings. The Morgan fingerprint density at radius 3 is 2.86 bits per heavy atom. The Balaban J connectivity index is 1.58. The van der Waals surface area contributed by atoms with Gasteiger partial charge in [-0.1, -0.05) is 48.0 Å². The van der Waals surface area contributed by atoms with Gasteiger partial charge in [0, 0.05) is 12.3 Å². The van der Waals surface area contributed by atoms with E-state index in [1.807, 2.05) is 60.7 Å². The van der Waals surface area contributed by atoms with Gasteiger partial charge in [-0.25, -0.2) is 0 Å². The van der Waals surface area contributed by atoms with Gasteiger partial charge in [0.25, 0.3) is 0 Å². The molecule has 1 heterocycles. The van der Waals surface area contributed by atoms with Crippen molar-refractivity contribution in [2.45, 2.75) is 24.4 Å². The van der Waals surface area contributed by atoms with Gasteiger partial charge in [0.15, 0.2) is 12.4 Å². The normalized spacial score (nSPS) is 27.3. The minimum absolute atomic E-state index is 0.173. The van der Waals surface area contributed by atoms with Crippen molar-refractivity contribution in [1.82, 2.24) is 0 Å². The summed E-state index contributed by atoms with van der Waals surface area (Å²) in [5, 5.41) is 9.91. The summed E-state index contributed by atoms with van der Waals surface area (Å²) < 4.78 is 17.4. The number of carboxylic acids is 1. The van der Waals surface area contributed by atoms with Crippen LogP contribution in [0.2, 0.25) is 0 Å². The van der Waals surface area contributed by atoms with E-state index in [9.17, 15) is 9.90 Å². The smallest absolute Gasteiger partial charge is 0.307 e. The molecule has 1 fully saturated rings. The zero-order valence-electron chi connectivity index (χ0n) is 16.1. The van der Waals surface area contributed by atoms with Gasteiger partial charge < -0.3 is 19.3 Å². The molecule has 5 rings (SSSR count). The van der Waals surface area contributed by atoms with E-state index in [0.29, 0.717) is 12.8 Å². The Bertz CT molecular complexity index is 1040. The van der Waals surface area contributed by atoms with Gasteiger partial charge in [-0.05, 0) is 41.3 Å². The van der Waals surface area contributed by atoms with Crippen LogP contribution in [0.25, 0.3) is 0 Å². The lowest BCUT2D eigenvalue weighted by Crippen LogP contribution is -2.32. The maximum atomic E-state index is 12.1. The molecule has 1 N–H and O–H groups in total. The van der Waals surface area contributed by atoms with E-state index in [0.717, 1.165) is 33.8 Å². The number of methoxy groups -OCH3 is 1. The van der Waals surface area contributed by atoms with Crippen molar-refractivity contribution in [2.75, 3.05) is 13.9 Å². The van der Waals surface area contributed by atoms with E-state index in [2.05, 4.69) is 0 Å². The summed E-state index contributed by atoms with van der Waals surface area (Å²) in [6, 6.07) is 15.8. The van der Waals surface area contributed by atoms with Crippen LogP contribution in [0.4, 0.5) is 0 Å². The van der Waals surface area contributed by atoms with Crippen molar-refractivity contribution in [2.24, 2.45) is 5.92 Å². The second-order valence-corrected chi connectivity index (χ2v) is 7.74. The van der Waals surface area contributed by atoms with Gasteiger partial charge in [-0.3, -0.25) is 4.79 Å². The standard InChI is InChI=1S/C24H22O5/c1-27-18-7-4-6-17(12-18)24-13-16(9-10-21(24)28-14-29-24)22-19-8-3-2-5-15(19)11-20(22)23(25)26/h2-10,12,20,22H,11,13-14H2,1H3,(H,25,26). The number of allylic oxidation sites excluding steroid dienone is 2. The molecule has 1 aliphatic heterocycles. The zero-order chi connectivity index (χ0) is 20.0. The maximum absolute atomic E-state index is 12.1. The average molecular weight is 390 g/mol. The molecule has 0 radical (unpaired) electrons. The summed E-state index contributed by atoms with van der Waals surface area (Å²) in [4.78, 5) is 12.1. The number of carbonyl (C=O) groups is 1. The largest absolute Gasteiger partial charge is 0.497 e. The van der Waals surface area contributed by atoms with Gasteiger partial charge in [0.1, 0.15) is 11.5 Å². The molecule has 3 atom stereocenters. The molecular formula is C24H22O5. The Kier molecular flexibility index (Phi) is 4.21. The molecule has 0 amide bonds. The minimum atomic E-state index is -0.763. The van der Waals surface area contributed by atoms with E-state index >= 15 is 0 Å². The number of hydrogen-bond acceptors (Lipinski definition) is 4. The minimum Gasteiger partial charge on any atom is -0.497 e. The highest BCUT2D eigenvalue weighted by atomic mass is 16.7. The van der Waals surface area contributed by atoms with E-state index < -0.39 is 17.5 Å². The first-order chi connectivity index (χ1) is 14.1. The zero-order valence-corrected chi connectivity index (χ0v) is 16.1. The van der Waals surface area contributed by atoms with Crippen LogP contribution in [0.1, 0.15) is 29.0 Å². The van der Waals surface area contributed by atoms with E-state index in [-0.39, 0.29) is 12.7 Å². The monoisotopic (exact) mass is 390 g/mol.